The third-order valence-electron chi connectivity index (χ3n) is 6.98. The largest absolute Gasteiger partial charge is 0.478 e. The van der Waals surface area contributed by atoms with E-state index in [1.54, 1.807) is 37.3 Å². The quantitative estimate of drug-likeness (QED) is 0.220. The van der Waals surface area contributed by atoms with Crippen molar-refractivity contribution in [2.75, 3.05) is 36.8 Å². The number of aliphatic carboxylic acids is 1. The highest BCUT2D eigenvalue weighted by Crippen LogP contribution is 2.28. The van der Waals surface area contributed by atoms with Gasteiger partial charge in [0.15, 0.2) is 0 Å². The summed E-state index contributed by atoms with van der Waals surface area (Å²) in [7, 11) is 0. The Morgan fingerprint density at radius 1 is 0.951 bits per heavy atom. The maximum absolute atomic E-state index is 12.1. The number of carboxylic acids is 1. The summed E-state index contributed by atoms with van der Waals surface area (Å²) in [5.41, 5.74) is 6.75. The summed E-state index contributed by atoms with van der Waals surface area (Å²) in [6.45, 7) is 5.96. The van der Waals surface area contributed by atoms with Gasteiger partial charge in [0.05, 0.1) is 0 Å². The second kappa shape index (κ2) is 12.7. The number of carbonyl (C=O) groups is 1. The molecule has 0 radical (unpaired) electrons. The number of halogens is 1. The molecule has 1 aromatic heterocycles. The molecule has 1 atom stereocenters. The lowest BCUT2D eigenvalue weighted by molar-refractivity contribution is -0.153. The summed E-state index contributed by atoms with van der Waals surface area (Å²) in [5, 5.41) is 9.87. The molecule has 0 spiro atoms. The summed E-state index contributed by atoms with van der Waals surface area (Å²) in [6, 6.07) is 26.4. The Labute approximate surface area is 253 Å². The molecule has 1 saturated heterocycles. The number of carboxylic acid groups (broad SMARTS) is 1. The molecule has 0 amide bonds. The molecular weight excluding hydrogens is 633 g/mol. The van der Waals surface area contributed by atoms with Crippen molar-refractivity contribution in [1.29, 1.82) is 0 Å². The van der Waals surface area contributed by atoms with E-state index in [-0.39, 0.29) is 12.4 Å². The van der Waals surface area contributed by atoms with Crippen LogP contribution in [0, 0.1) is 3.57 Å². The van der Waals surface area contributed by atoms with Gasteiger partial charge >= 0.3 is 5.97 Å². The summed E-state index contributed by atoms with van der Waals surface area (Å²) >= 11 is 2.39. The number of hydrogen-bond donors (Lipinski definition) is 2. The van der Waals surface area contributed by atoms with Crippen LogP contribution < -0.4 is 20.1 Å². The third kappa shape index (κ3) is 7.44. The number of para-hydroxylation sites is 1. The predicted octanol–water partition coefficient (Wildman–Crippen LogP) is 5.24. The van der Waals surface area contributed by atoms with E-state index in [1.165, 1.54) is 9.13 Å². The van der Waals surface area contributed by atoms with Crippen LogP contribution in [0.15, 0.2) is 84.9 Å². The molecule has 3 aromatic carbocycles. The van der Waals surface area contributed by atoms with Gasteiger partial charge in [-0.05, 0) is 71.0 Å². The highest BCUT2D eigenvalue weighted by Gasteiger charge is 2.36. The van der Waals surface area contributed by atoms with Crippen molar-refractivity contribution < 1.29 is 19.4 Å². The second-order valence-electron chi connectivity index (χ2n) is 10.2. The Balaban J connectivity index is 1.21. The van der Waals surface area contributed by atoms with Crippen molar-refractivity contribution in [1.82, 2.24) is 14.9 Å². The van der Waals surface area contributed by atoms with E-state index < -0.39 is 11.6 Å². The monoisotopic (exact) mass is 665 g/mol. The molecule has 4 aromatic rings. The van der Waals surface area contributed by atoms with Gasteiger partial charge in [-0.3, -0.25) is 4.90 Å². The Hall–Kier alpha value is -3.90. The molecule has 0 saturated carbocycles. The first-order chi connectivity index (χ1) is 19.8. The smallest absolute Gasteiger partial charge is 0.348 e. The molecule has 9 nitrogen and oxygen atoms in total. The van der Waals surface area contributed by atoms with Gasteiger partial charge in [0, 0.05) is 48.8 Å². The first-order valence-corrected chi connectivity index (χ1v) is 14.4. The summed E-state index contributed by atoms with van der Waals surface area (Å²) in [4.78, 5) is 25.4. The molecule has 10 heteroatoms. The minimum absolute atomic E-state index is 0.144. The zero-order valence-electron chi connectivity index (χ0n) is 22.7. The van der Waals surface area contributed by atoms with E-state index in [0.29, 0.717) is 17.4 Å². The Morgan fingerprint density at radius 2 is 1.63 bits per heavy atom. The number of benzene rings is 3. The number of rotatable bonds is 10. The minimum Gasteiger partial charge on any atom is -0.478 e. The lowest BCUT2D eigenvalue weighted by Gasteiger charge is -2.35. The van der Waals surface area contributed by atoms with E-state index in [4.69, 9.17) is 15.2 Å². The van der Waals surface area contributed by atoms with E-state index in [9.17, 15) is 9.90 Å². The van der Waals surface area contributed by atoms with Gasteiger partial charge in [0.1, 0.15) is 17.3 Å². The zero-order valence-corrected chi connectivity index (χ0v) is 24.9. The normalized spacial score (nSPS) is 15.2. The Kier molecular flexibility index (Phi) is 8.89. The molecule has 0 bridgehead atoms. The summed E-state index contributed by atoms with van der Waals surface area (Å²) in [6.07, 6.45) is 0.178. The van der Waals surface area contributed by atoms with E-state index >= 15 is 0 Å². The van der Waals surface area contributed by atoms with Crippen LogP contribution in [-0.4, -0.2) is 57.7 Å². The number of hydrogen-bond acceptors (Lipinski definition) is 8. The fourth-order valence-electron chi connectivity index (χ4n) is 4.74. The van der Waals surface area contributed by atoms with Crippen LogP contribution in [0.4, 0.5) is 11.8 Å². The predicted molar refractivity (Wildman–Crippen MR) is 166 cm³/mol. The van der Waals surface area contributed by atoms with E-state index in [0.717, 1.165) is 44.1 Å². The fraction of sp³-hybridized carbons (Fsp3) is 0.258. The van der Waals surface area contributed by atoms with Crippen LogP contribution in [0.1, 0.15) is 18.1 Å². The number of nitrogens with zero attached hydrogens (tertiary/aromatic N) is 4. The average Bonchev–Trinajstić information content (AvgIpc) is 2.96. The van der Waals surface area contributed by atoms with Crippen LogP contribution in [0.2, 0.25) is 0 Å². The first-order valence-electron chi connectivity index (χ1n) is 13.4. The molecule has 5 rings (SSSR count). The topological polar surface area (TPSA) is 114 Å². The molecule has 0 aliphatic carbocycles. The highest BCUT2D eigenvalue weighted by molar-refractivity contribution is 14.1. The molecule has 1 fully saturated rings. The summed E-state index contributed by atoms with van der Waals surface area (Å²) < 4.78 is 13.1. The van der Waals surface area contributed by atoms with E-state index in [2.05, 4.69) is 66.6 Å². The van der Waals surface area contributed by atoms with Crippen molar-refractivity contribution in [3.05, 3.63) is 99.6 Å². The van der Waals surface area contributed by atoms with Gasteiger partial charge in [0.25, 0.3) is 0 Å². The molecular formula is C31H32IN5O4. The second-order valence-corrected chi connectivity index (χ2v) is 11.3. The molecule has 212 valence electrons. The number of ether oxygens (including phenoxy) is 2. The van der Waals surface area contributed by atoms with Crippen LogP contribution in [-0.2, 0) is 17.8 Å². The number of aromatic nitrogens is 2. The Bertz CT molecular complexity index is 1480. The molecule has 1 aliphatic heterocycles. The van der Waals surface area contributed by atoms with Crippen molar-refractivity contribution in [3.63, 3.8) is 0 Å². The maximum Gasteiger partial charge on any atom is 0.348 e. The van der Waals surface area contributed by atoms with Crippen molar-refractivity contribution in [3.8, 4) is 17.4 Å². The molecule has 3 N–H and O–H groups in total. The van der Waals surface area contributed by atoms with Crippen molar-refractivity contribution >= 4 is 40.3 Å². The summed E-state index contributed by atoms with van der Waals surface area (Å²) in [5.74, 6) is 1.24. The van der Waals surface area contributed by atoms with Crippen molar-refractivity contribution in [2.45, 2.75) is 25.5 Å². The van der Waals surface area contributed by atoms with Gasteiger partial charge in [-0.1, -0.05) is 48.5 Å². The van der Waals surface area contributed by atoms with Crippen LogP contribution >= 0.6 is 22.6 Å². The molecule has 41 heavy (non-hydrogen) atoms. The minimum atomic E-state index is -1.43. The van der Waals surface area contributed by atoms with Crippen LogP contribution in [0.5, 0.6) is 17.4 Å². The number of nitrogen functional groups attached to an aromatic ring is 1. The average molecular weight is 666 g/mol. The molecule has 2 heterocycles. The van der Waals surface area contributed by atoms with E-state index in [1.807, 2.05) is 30.3 Å². The number of piperazine rings is 1. The highest BCUT2D eigenvalue weighted by atomic mass is 127. The van der Waals surface area contributed by atoms with Gasteiger partial charge in [0.2, 0.25) is 17.4 Å². The van der Waals surface area contributed by atoms with Crippen molar-refractivity contribution in [2.24, 2.45) is 0 Å². The third-order valence-corrected chi connectivity index (χ3v) is 8.03. The van der Waals surface area contributed by atoms with Gasteiger partial charge in [-0.15, -0.1) is 0 Å². The molecule has 1 aliphatic rings. The zero-order chi connectivity index (χ0) is 28.8. The van der Waals surface area contributed by atoms with Gasteiger partial charge in [-0.25, -0.2) is 4.79 Å². The van der Waals surface area contributed by atoms with Gasteiger partial charge < -0.3 is 25.2 Å². The Morgan fingerprint density at radius 3 is 2.32 bits per heavy atom. The number of nitrogens with two attached hydrogens (primary N) is 1. The molecule has 1 unspecified atom stereocenters. The standard InChI is InChI=1S/C31H32IN5O4/c1-31(29(38)39,41-25-8-3-2-4-9-25)20-22-11-13-24(14-12-22)40-28-19-27(34-30(33)35-28)37-17-15-36(16-18-37)21-23-7-5-6-10-26(23)32/h2-14,19H,15-18,20-21H2,1H3,(H,38,39)(H2,33,34,35). The van der Waals surface area contributed by atoms with Crippen LogP contribution in [0.3, 0.4) is 0 Å². The fourth-order valence-corrected chi connectivity index (χ4v) is 5.29. The number of anilines is 2. The lowest BCUT2D eigenvalue weighted by Crippen LogP contribution is -2.46. The lowest BCUT2D eigenvalue weighted by atomic mass is 9.96. The van der Waals surface area contributed by atoms with Crippen LogP contribution in [0.25, 0.3) is 0 Å². The van der Waals surface area contributed by atoms with Gasteiger partial charge in [-0.2, -0.15) is 9.97 Å². The first kappa shape index (κ1) is 28.6. The maximum atomic E-state index is 12.1. The SMILES string of the molecule is CC(Cc1ccc(Oc2cc(N3CCN(Cc4ccccc4I)CC3)nc(N)n2)cc1)(Oc1ccccc1)C(=O)O.